The number of nitrogens with zero attached hydrogens (tertiary/aromatic N) is 3. The van der Waals surface area contributed by atoms with E-state index in [9.17, 15) is 13.2 Å². The molecule has 1 aliphatic rings. The largest absolute Gasteiger partial charge is 0.366 e. The molecule has 1 unspecified atom stereocenters. The highest BCUT2D eigenvalue weighted by atomic mass is 32.2. The van der Waals surface area contributed by atoms with E-state index in [2.05, 4.69) is 5.10 Å². The fraction of sp³-hybridized carbons (Fsp3) is 0.333. The molecule has 152 valence electrons. The molecule has 29 heavy (non-hydrogen) atoms. The molecular weight excluding hydrogens is 388 g/mol. The quantitative estimate of drug-likeness (QED) is 0.697. The van der Waals surface area contributed by atoms with Crippen LogP contribution in [0.3, 0.4) is 0 Å². The van der Waals surface area contributed by atoms with Gasteiger partial charge in [0, 0.05) is 18.5 Å². The Labute approximate surface area is 170 Å². The zero-order valence-electron chi connectivity index (χ0n) is 16.3. The van der Waals surface area contributed by atoms with Crippen molar-refractivity contribution < 1.29 is 13.2 Å². The van der Waals surface area contributed by atoms with Gasteiger partial charge in [-0.2, -0.15) is 9.40 Å². The van der Waals surface area contributed by atoms with Crippen LogP contribution < -0.4 is 5.73 Å². The number of primary amides is 1. The first-order valence-corrected chi connectivity index (χ1v) is 11.4. The van der Waals surface area contributed by atoms with E-state index in [-0.39, 0.29) is 11.8 Å². The van der Waals surface area contributed by atoms with Gasteiger partial charge in [-0.15, -0.1) is 0 Å². The molecule has 7 nitrogen and oxygen atoms in total. The van der Waals surface area contributed by atoms with E-state index in [4.69, 9.17) is 5.73 Å². The van der Waals surface area contributed by atoms with Crippen molar-refractivity contribution >= 4 is 26.8 Å². The van der Waals surface area contributed by atoms with Crippen molar-refractivity contribution in [3.63, 3.8) is 0 Å². The Morgan fingerprint density at radius 2 is 1.97 bits per heavy atom. The topological polar surface area (TPSA) is 98.3 Å². The van der Waals surface area contributed by atoms with Gasteiger partial charge in [-0.05, 0) is 43.0 Å². The summed E-state index contributed by atoms with van der Waals surface area (Å²) in [4.78, 5) is 12.1. The monoisotopic (exact) mass is 412 g/mol. The standard InChI is InChI=1S/C21H24N4O3S/c1-2-29(27,28)24-10-6-9-17(14-24)25-20-12-16(15-7-4-3-5-8-15)11-18(21(22)26)19(20)13-23-25/h3-5,7-8,11-13,17H,2,6,9-10,14H2,1H3,(H2,22,26). The van der Waals surface area contributed by atoms with Gasteiger partial charge in [0.2, 0.25) is 15.9 Å². The first-order chi connectivity index (χ1) is 13.9. The maximum Gasteiger partial charge on any atom is 0.249 e. The summed E-state index contributed by atoms with van der Waals surface area (Å²) in [5, 5.41) is 5.21. The number of benzene rings is 2. The van der Waals surface area contributed by atoms with E-state index in [1.165, 1.54) is 0 Å². The Morgan fingerprint density at radius 3 is 2.66 bits per heavy atom. The smallest absolute Gasteiger partial charge is 0.249 e. The summed E-state index contributed by atoms with van der Waals surface area (Å²) in [6, 6.07) is 13.5. The third kappa shape index (κ3) is 3.65. The molecule has 1 amide bonds. The molecule has 2 heterocycles. The van der Waals surface area contributed by atoms with Crippen LogP contribution in [0.5, 0.6) is 0 Å². The van der Waals surface area contributed by atoms with Crippen LogP contribution in [-0.4, -0.2) is 47.3 Å². The number of fused-ring (bicyclic) bond motifs is 1. The molecule has 8 heteroatoms. The molecule has 1 aromatic heterocycles. The van der Waals surface area contributed by atoms with Crippen molar-refractivity contribution in [2.75, 3.05) is 18.8 Å². The van der Waals surface area contributed by atoms with Crippen molar-refractivity contribution in [2.45, 2.75) is 25.8 Å². The summed E-state index contributed by atoms with van der Waals surface area (Å²) in [7, 11) is -3.25. The number of piperidine rings is 1. The number of nitrogens with two attached hydrogens (primary N) is 1. The molecule has 4 rings (SSSR count). The van der Waals surface area contributed by atoms with E-state index in [0.717, 1.165) is 29.5 Å². The third-order valence-electron chi connectivity index (χ3n) is 5.55. The van der Waals surface area contributed by atoms with Gasteiger partial charge < -0.3 is 5.73 Å². The van der Waals surface area contributed by atoms with Crippen molar-refractivity contribution in [1.82, 2.24) is 14.1 Å². The second kappa shape index (κ2) is 7.61. The van der Waals surface area contributed by atoms with Gasteiger partial charge in [0.15, 0.2) is 0 Å². The lowest BCUT2D eigenvalue weighted by Gasteiger charge is -2.32. The minimum atomic E-state index is -3.25. The van der Waals surface area contributed by atoms with Crippen LogP contribution >= 0.6 is 0 Å². The van der Waals surface area contributed by atoms with Crippen LogP contribution in [0.25, 0.3) is 22.0 Å². The number of carbonyl (C=O) groups is 1. The lowest BCUT2D eigenvalue weighted by atomic mass is 9.99. The first kappa shape index (κ1) is 19.6. The SMILES string of the molecule is CCS(=O)(=O)N1CCCC(n2ncc3c(C(N)=O)cc(-c4ccccc4)cc32)C1. The highest BCUT2D eigenvalue weighted by Crippen LogP contribution is 2.32. The maximum absolute atomic E-state index is 12.4. The maximum atomic E-state index is 12.4. The van der Waals surface area contributed by atoms with Crippen LogP contribution in [0.2, 0.25) is 0 Å². The first-order valence-electron chi connectivity index (χ1n) is 9.75. The second-order valence-corrected chi connectivity index (χ2v) is 9.59. The average molecular weight is 413 g/mol. The van der Waals surface area contributed by atoms with Gasteiger partial charge in [-0.3, -0.25) is 9.48 Å². The minimum Gasteiger partial charge on any atom is -0.366 e. The highest BCUT2D eigenvalue weighted by molar-refractivity contribution is 7.89. The third-order valence-corrected chi connectivity index (χ3v) is 7.40. The summed E-state index contributed by atoms with van der Waals surface area (Å²) in [5.74, 6) is -0.421. The number of aromatic nitrogens is 2. The van der Waals surface area contributed by atoms with Gasteiger partial charge in [0.25, 0.3) is 0 Å². The van der Waals surface area contributed by atoms with Crippen LogP contribution in [-0.2, 0) is 10.0 Å². The molecule has 2 aromatic carbocycles. The number of sulfonamides is 1. The fourth-order valence-corrected chi connectivity index (χ4v) is 5.16. The summed E-state index contributed by atoms with van der Waals surface area (Å²) in [5.41, 5.74) is 8.71. The molecule has 1 aliphatic heterocycles. The molecule has 1 saturated heterocycles. The molecule has 2 N–H and O–H groups in total. The average Bonchev–Trinajstić information content (AvgIpc) is 3.17. The summed E-state index contributed by atoms with van der Waals surface area (Å²) in [6.07, 6.45) is 3.25. The predicted octanol–water partition coefficient (Wildman–Crippen LogP) is 2.79. The minimum absolute atomic E-state index is 0.0869. The van der Waals surface area contributed by atoms with E-state index < -0.39 is 15.9 Å². The molecule has 0 spiro atoms. The summed E-state index contributed by atoms with van der Waals surface area (Å²) < 4.78 is 28.1. The van der Waals surface area contributed by atoms with Gasteiger partial charge in [-0.1, -0.05) is 30.3 Å². The van der Waals surface area contributed by atoms with Crippen LogP contribution in [0, 0.1) is 0 Å². The molecule has 1 atom stereocenters. The Kier molecular flexibility index (Phi) is 5.14. The van der Waals surface area contributed by atoms with E-state index in [1.807, 2.05) is 41.1 Å². The van der Waals surface area contributed by atoms with E-state index in [1.54, 1.807) is 23.5 Å². The summed E-state index contributed by atoms with van der Waals surface area (Å²) >= 11 is 0. The molecule has 1 fully saturated rings. The van der Waals surface area contributed by atoms with Crippen LogP contribution in [0.1, 0.15) is 36.2 Å². The Balaban J connectivity index is 1.82. The highest BCUT2D eigenvalue weighted by Gasteiger charge is 2.30. The van der Waals surface area contributed by atoms with E-state index in [0.29, 0.717) is 24.0 Å². The molecule has 0 aliphatic carbocycles. The number of hydrogen-bond donors (Lipinski definition) is 1. The Morgan fingerprint density at radius 1 is 1.21 bits per heavy atom. The lowest BCUT2D eigenvalue weighted by Crippen LogP contribution is -2.41. The normalized spacial score (nSPS) is 18.2. The Hall–Kier alpha value is -2.71. The van der Waals surface area contributed by atoms with Crippen LogP contribution in [0.4, 0.5) is 0 Å². The van der Waals surface area contributed by atoms with Crippen molar-refractivity contribution in [3.8, 4) is 11.1 Å². The van der Waals surface area contributed by atoms with Gasteiger partial charge >= 0.3 is 0 Å². The molecule has 0 saturated carbocycles. The summed E-state index contributed by atoms with van der Waals surface area (Å²) in [6.45, 7) is 2.58. The molecule has 3 aromatic rings. The Bertz CT molecular complexity index is 1160. The van der Waals surface area contributed by atoms with Gasteiger partial charge in [-0.25, -0.2) is 8.42 Å². The van der Waals surface area contributed by atoms with E-state index >= 15 is 0 Å². The zero-order chi connectivity index (χ0) is 20.6. The number of rotatable bonds is 5. The lowest BCUT2D eigenvalue weighted by molar-refractivity contribution is 0.100. The van der Waals surface area contributed by atoms with Crippen molar-refractivity contribution in [1.29, 1.82) is 0 Å². The number of amides is 1. The second-order valence-electron chi connectivity index (χ2n) is 7.33. The predicted molar refractivity (Wildman–Crippen MR) is 113 cm³/mol. The van der Waals surface area contributed by atoms with Gasteiger partial charge in [0.05, 0.1) is 29.1 Å². The zero-order valence-corrected chi connectivity index (χ0v) is 17.1. The molecular formula is C21H24N4O3S. The molecule has 0 bridgehead atoms. The van der Waals surface area contributed by atoms with Gasteiger partial charge in [0.1, 0.15) is 0 Å². The van der Waals surface area contributed by atoms with Crippen molar-refractivity contribution in [3.05, 3.63) is 54.2 Å². The molecule has 0 radical (unpaired) electrons. The fourth-order valence-electron chi connectivity index (χ4n) is 3.99. The van der Waals surface area contributed by atoms with Crippen LogP contribution in [0.15, 0.2) is 48.7 Å². The number of hydrogen-bond acceptors (Lipinski definition) is 4. The van der Waals surface area contributed by atoms with Crippen molar-refractivity contribution in [2.24, 2.45) is 5.73 Å². The number of carbonyl (C=O) groups excluding carboxylic acids is 1.